The molecule has 0 aromatic rings. The summed E-state index contributed by atoms with van der Waals surface area (Å²) in [4.78, 5) is 0. The lowest BCUT2D eigenvalue weighted by molar-refractivity contribution is 0.403. The van der Waals surface area contributed by atoms with Crippen molar-refractivity contribution in [1.82, 2.24) is 0 Å². The summed E-state index contributed by atoms with van der Waals surface area (Å²) in [6, 6.07) is 0. The van der Waals surface area contributed by atoms with Crippen LogP contribution >= 0.6 is 11.6 Å². The highest BCUT2D eigenvalue weighted by atomic mass is 35.5. The van der Waals surface area contributed by atoms with Crippen LogP contribution in [0, 0.1) is 0 Å². The van der Waals surface area contributed by atoms with Crippen molar-refractivity contribution in [3.05, 3.63) is 0 Å². The molecule has 2 aliphatic rings. The lowest BCUT2D eigenvalue weighted by Crippen LogP contribution is -1.80. The second kappa shape index (κ2) is 5.81. The van der Waals surface area contributed by atoms with Crippen molar-refractivity contribution in [2.75, 3.05) is 19.1 Å². The average molecular weight is 181 g/mol. The highest BCUT2D eigenvalue weighted by molar-refractivity contribution is 6.18. The van der Waals surface area contributed by atoms with Gasteiger partial charge in [0.15, 0.2) is 0 Å². The molecule has 0 aliphatic carbocycles. The van der Waals surface area contributed by atoms with Crippen molar-refractivity contribution >= 4 is 11.6 Å². The van der Waals surface area contributed by atoms with E-state index in [0.29, 0.717) is 18.1 Å². The highest BCUT2D eigenvalue weighted by Crippen LogP contribution is 2.10. The smallest absolute Gasteiger partial charge is 0.0944 e. The molecule has 0 aromatic carbocycles. The average Bonchev–Trinajstić information content (AvgIpc) is 2.86. The van der Waals surface area contributed by atoms with E-state index in [1.54, 1.807) is 0 Å². The van der Waals surface area contributed by atoms with E-state index in [0.717, 1.165) is 13.2 Å². The van der Waals surface area contributed by atoms with Gasteiger partial charge in [0, 0.05) is 0 Å². The Morgan fingerprint density at radius 3 is 1.73 bits per heavy atom. The molecule has 3 heteroatoms. The standard InChI is InChI=1S/C4H8O.C3H5ClO.CH4/c1-2-4-3-5-4;4-1-3-2-5-3;/h4H,2-3H2,1H3;3H,1-2H2;1H4. The summed E-state index contributed by atoms with van der Waals surface area (Å²) in [7, 11) is 0. The number of epoxide rings is 2. The molecule has 2 unspecified atom stereocenters. The molecule has 0 aromatic heterocycles. The minimum atomic E-state index is 0. The summed E-state index contributed by atoms with van der Waals surface area (Å²) in [5.74, 6) is 0.667. The fourth-order valence-corrected chi connectivity index (χ4v) is 0.639. The van der Waals surface area contributed by atoms with Crippen LogP contribution in [0.5, 0.6) is 0 Å². The van der Waals surface area contributed by atoms with E-state index in [2.05, 4.69) is 6.92 Å². The Balaban J connectivity index is 0.000000167. The van der Waals surface area contributed by atoms with Gasteiger partial charge in [0.05, 0.1) is 31.3 Å². The van der Waals surface area contributed by atoms with Crippen LogP contribution in [0.2, 0.25) is 0 Å². The molecule has 68 valence electrons. The van der Waals surface area contributed by atoms with Gasteiger partial charge in [-0.25, -0.2) is 0 Å². The van der Waals surface area contributed by atoms with Crippen molar-refractivity contribution in [3.8, 4) is 0 Å². The van der Waals surface area contributed by atoms with Gasteiger partial charge in [-0.2, -0.15) is 0 Å². The maximum atomic E-state index is 5.27. The molecule has 0 spiro atoms. The van der Waals surface area contributed by atoms with Gasteiger partial charge in [0.1, 0.15) is 0 Å². The summed E-state index contributed by atoms with van der Waals surface area (Å²) in [5, 5.41) is 0. The van der Waals surface area contributed by atoms with Gasteiger partial charge in [-0.1, -0.05) is 14.4 Å². The van der Waals surface area contributed by atoms with Crippen molar-refractivity contribution in [1.29, 1.82) is 0 Å². The van der Waals surface area contributed by atoms with Crippen LogP contribution in [0.1, 0.15) is 20.8 Å². The van der Waals surface area contributed by atoms with Crippen molar-refractivity contribution in [3.63, 3.8) is 0 Å². The fourth-order valence-electron chi connectivity index (χ4n) is 0.461. The molecule has 0 amide bonds. The molecule has 2 atom stereocenters. The maximum absolute atomic E-state index is 5.27. The van der Waals surface area contributed by atoms with E-state index >= 15 is 0 Å². The van der Waals surface area contributed by atoms with E-state index in [4.69, 9.17) is 21.1 Å². The molecule has 2 nitrogen and oxygen atoms in total. The Bertz CT molecular complexity index is 78.1. The number of hydrogen-bond donors (Lipinski definition) is 0. The summed E-state index contributed by atoms with van der Waals surface area (Å²) in [6.45, 7) is 4.03. The molecule has 0 saturated carbocycles. The molecule has 0 bridgehead atoms. The minimum absolute atomic E-state index is 0. The zero-order chi connectivity index (χ0) is 7.40. The minimum Gasteiger partial charge on any atom is -0.373 e. The second-order valence-electron chi connectivity index (χ2n) is 2.47. The Morgan fingerprint density at radius 2 is 1.73 bits per heavy atom. The predicted molar refractivity (Wildman–Crippen MR) is 47.2 cm³/mol. The summed E-state index contributed by atoms with van der Waals surface area (Å²) < 4.78 is 9.58. The van der Waals surface area contributed by atoms with E-state index in [-0.39, 0.29) is 7.43 Å². The van der Waals surface area contributed by atoms with Crippen molar-refractivity contribution in [2.24, 2.45) is 0 Å². The first-order valence-corrected chi connectivity index (χ1v) is 4.19. The van der Waals surface area contributed by atoms with E-state index in [1.807, 2.05) is 0 Å². The second-order valence-corrected chi connectivity index (χ2v) is 2.78. The zero-order valence-electron chi connectivity index (χ0n) is 6.18. The lowest BCUT2D eigenvalue weighted by Gasteiger charge is -1.69. The number of halogens is 1. The van der Waals surface area contributed by atoms with Gasteiger partial charge < -0.3 is 9.47 Å². The Labute approximate surface area is 73.8 Å². The first kappa shape index (κ1) is 11.2. The first-order chi connectivity index (χ1) is 4.86. The molecular weight excluding hydrogens is 164 g/mol. The number of hydrogen-bond acceptors (Lipinski definition) is 2. The quantitative estimate of drug-likeness (QED) is 0.480. The van der Waals surface area contributed by atoms with Crippen molar-refractivity contribution < 1.29 is 9.47 Å². The van der Waals surface area contributed by atoms with Crippen LogP contribution in [0.15, 0.2) is 0 Å². The molecule has 0 N–H and O–H groups in total. The van der Waals surface area contributed by atoms with Crippen LogP contribution in [-0.2, 0) is 9.47 Å². The van der Waals surface area contributed by atoms with Crippen LogP contribution in [0.3, 0.4) is 0 Å². The number of alkyl halides is 1. The SMILES string of the molecule is C.CCC1CO1.ClCC1CO1. The van der Waals surface area contributed by atoms with Gasteiger partial charge in [-0.3, -0.25) is 0 Å². The molecule has 2 fully saturated rings. The van der Waals surface area contributed by atoms with Gasteiger partial charge >= 0.3 is 0 Å². The molecule has 2 rings (SSSR count). The summed E-state index contributed by atoms with van der Waals surface area (Å²) in [6.07, 6.45) is 2.23. The van der Waals surface area contributed by atoms with Crippen LogP contribution < -0.4 is 0 Å². The Morgan fingerprint density at radius 1 is 1.27 bits per heavy atom. The zero-order valence-corrected chi connectivity index (χ0v) is 6.93. The molecule has 0 radical (unpaired) electrons. The fraction of sp³-hybridized carbons (Fsp3) is 1.00. The Kier molecular flexibility index (Phi) is 5.92. The maximum Gasteiger partial charge on any atom is 0.0944 e. The van der Waals surface area contributed by atoms with Gasteiger partial charge in [0.25, 0.3) is 0 Å². The molecule has 11 heavy (non-hydrogen) atoms. The number of ether oxygens (including phenoxy) is 2. The molecule has 2 saturated heterocycles. The van der Waals surface area contributed by atoms with Crippen molar-refractivity contribution in [2.45, 2.75) is 33.0 Å². The summed E-state index contributed by atoms with van der Waals surface area (Å²) >= 11 is 5.27. The largest absolute Gasteiger partial charge is 0.373 e. The van der Waals surface area contributed by atoms with Crippen LogP contribution in [0.25, 0.3) is 0 Å². The van der Waals surface area contributed by atoms with E-state index < -0.39 is 0 Å². The third kappa shape index (κ3) is 6.60. The monoisotopic (exact) mass is 180 g/mol. The van der Waals surface area contributed by atoms with Crippen LogP contribution in [-0.4, -0.2) is 31.3 Å². The van der Waals surface area contributed by atoms with Gasteiger partial charge in [-0.05, 0) is 6.42 Å². The molecule has 2 heterocycles. The number of rotatable bonds is 2. The Hall–Kier alpha value is 0.210. The first-order valence-electron chi connectivity index (χ1n) is 3.66. The van der Waals surface area contributed by atoms with Gasteiger partial charge in [-0.15, -0.1) is 11.6 Å². The van der Waals surface area contributed by atoms with Crippen LogP contribution in [0.4, 0.5) is 0 Å². The topological polar surface area (TPSA) is 25.1 Å². The summed E-state index contributed by atoms with van der Waals surface area (Å²) in [5.41, 5.74) is 0. The highest BCUT2D eigenvalue weighted by Gasteiger charge is 2.19. The van der Waals surface area contributed by atoms with E-state index in [1.165, 1.54) is 6.42 Å². The van der Waals surface area contributed by atoms with Gasteiger partial charge in [0.2, 0.25) is 0 Å². The third-order valence-electron chi connectivity index (χ3n) is 1.43. The molecule has 2 aliphatic heterocycles. The van der Waals surface area contributed by atoms with E-state index in [9.17, 15) is 0 Å². The lowest BCUT2D eigenvalue weighted by atomic mass is 10.4. The third-order valence-corrected chi connectivity index (χ3v) is 1.78. The predicted octanol–water partition coefficient (Wildman–Crippen LogP) is 2.06. The molecular formula is C8H17ClO2. The normalized spacial score (nSPS) is 31.1.